The van der Waals surface area contributed by atoms with Gasteiger partial charge in [0.2, 0.25) is 0 Å². The van der Waals surface area contributed by atoms with E-state index in [9.17, 15) is 9.18 Å². The van der Waals surface area contributed by atoms with E-state index in [1.807, 2.05) is 0 Å². The van der Waals surface area contributed by atoms with Gasteiger partial charge in [-0.25, -0.2) is 19.2 Å². The summed E-state index contributed by atoms with van der Waals surface area (Å²) in [6.45, 7) is 3.76. The number of nitrogens with zero attached hydrogens (tertiary/aromatic N) is 3. The Morgan fingerprint density at radius 3 is 2.83 bits per heavy atom. The van der Waals surface area contributed by atoms with Crippen molar-refractivity contribution >= 4 is 34.9 Å². The van der Waals surface area contributed by atoms with Crippen LogP contribution in [0.1, 0.15) is 18.9 Å². The van der Waals surface area contributed by atoms with Crippen LogP contribution in [0.3, 0.4) is 0 Å². The van der Waals surface area contributed by atoms with Crippen LogP contribution in [0.25, 0.3) is 0 Å². The van der Waals surface area contributed by atoms with E-state index in [1.165, 1.54) is 25.6 Å². The summed E-state index contributed by atoms with van der Waals surface area (Å²) >= 11 is 5.47. The maximum Gasteiger partial charge on any atom is 0.409 e. The summed E-state index contributed by atoms with van der Waals surface area (Å²) in [4.78, 5) is 21.7. The number of amides is 1. The SMILES string of the molecule is COC(=O)N1CCC(NC(=S)Nc2cncnc2NCc2ccc(F)cc2)C(C)C1. The molecule has 0 bridgehead atoms. The second-order valence-electron chi connectivity index (χ2n) is 7.15. The Balaban J connectivity index is 1.55. The van der Waals surface area contributed by atoms with Gasteiger partial charge in [-0.1, -0.05) is 19.1 Å². The van der Waals surface area contributed by atoms with Crippen LogP contribution in [-0.4, -0.2) is 52.3 Å². The molecule has 2 aromatic rings. The van der Waals surface area contributed by atoms with Crippen molar-refractivity contribution in [1.82, 2.24) is 20.2 Å². The predicted molar refractivity (Wildman–Crippen MR) is 117 cm³/mol. The molecule has 2 atom stereocenters. The summed E-state index contributed by atoms with van der Waals surface area (Å²) in [7, 11) is 1.39. The van der Waals surface area contributed by atoms with Crippen molar-refractivity contribution in [2.45, 2.75) is 25.9 Å². The number of nitrogens with one attached hydrogen (secondary N) is 3. The van der Waals surface area contributed by atoms with Gasteiger partial charge in [0.1, 0.15) is 17.8 Å². The Kier molecular flexibility index (Phi) is 7.34. The molecule has 0 saturated carbocycles. The van der Waals surface area contributed by atoms with Crippen molar-refractivity contribution in [2.75, 3.05) is 30.8 Å². The van der Waals surface area contributed by atoms with Crippen LogP contribution in [-0.2, 0) is 11.3 Å². The first-order valence-corrected chi connectivity index (χ1v) is 10.1. The van der Waals surface area contributed by atoms with Gasteiger partial charge in [-0.2, -0.15) is 0 Å². The topological polar surface area (TPSA) is 91.4 Å². The number of piperidine rings is 1. The molecule has 2 unspecified atom stereocenters. The van der Waals surface area contributed by atoms with E-state index in [-0.39, 0.29) is 23.9 Å². The van der Waals surface area contributed by atoms with Gasteiger partial charge in [0.15, 0.2) is 10.9 Å². The van der Waals surface area contributed by atoms with Crippen LogP contribution in [0.15, 0.2) is 36.8 Å². The normalized spacial score (nSPS) is 18.4. The zero-order valence-electron chi connectivity index (χ0n) is 16.9. The molecule has 1 amide bonds. The fraction of sp³-hybridized carbons (Fsp3) is 0.400. The van der Waals surface area contributed by atoms with Crippen molar-refractivity contribution in [2.24, 2.45) is 5.92 Å². The molecule has 10 heteroatoms. The second kappa shape index (κ2) is 10.1. The molecular weight excluding hydrogens is 407 g/mol. The van der Waals surface area contributed by atoms with E-state index in [2.05, 4.69) is 32.8 Å². The van der Waals surface area contributed by atoms with Gasteiger partial charge in [-0.05, 0) is 42.3 Å². The lowest BCUT2D eigenvalue weighted by molar-refractivity contribution is 0.0972. The third kappa shape index (κ3) is 5.76. The highest BCUT2D eigenvalue weighted by molar-refractivity contribution is 7.80. The molecule has 1 aliphatic heterocycles. The van der Waals surface area contributed by atoms with Crippen molar-refractivity contribution in [3.05, 3.63) is 48.2 Å². The molecular formula is C20H25FN6O2S. The molecule has 1 aromatic carbocycles. The monoisotopic (exact) mass is 432 g/mol. The zero-order valence-corrected chi connectivity index (χ0v) is 17.7. The van der Waals surface area contributed by atoms with Crippen LogP contribution in [0.2, 0.25) is 0 Å². The highest BCUT2D eigenvalue weighted by atomic mass is 32.1. The summed E-state index contributed by atoms with van der Waals surface area (Å²) < 4.78 is 17.9. The van der Waals surface area contributed by atoms with Crippen LogP contribution in [0, 0.1) is 11.7 Å². The molecule has 0 aliphatic carbocycles. The van der Waals surface area contributed by atoms with E-state index < -0.39 is 0 Å². The summed E-state index contributed by atoms with van der Waals surface area (Å²) in [5.74, 6) is 0.527. The Bertz CT molecular complexity index is 882. The molecule has 1 fully saturated rings. The lowest BCUT2D eigenvalue weighted by Crippen LogP contribution is -2.52. The van der Waals surface area contributed by atoms with Gasteiger partial charge in [-0.3, -0.25) is 0 Å². The lowest BCUT2D eigenvalue weighted by atomic mass is 9.94. The smallest absolute Gasteiger partial charge is 0.409 e. The Morgan fingerprint density at radius 1 is 1.37 bits per heavy atom. The number of methoxy groups -OCH3 is 1. The summed E-state index contributed by atoms with van der Waals surface area (Å²) in [5, 5.41) is 10.1. The first kappa shape index (κ1) is 21.7. The number of hydrogen-bond acceptors (Lipinski definition) is 6. The number of ether oxygens (including phenoxy) is 1. The van der Waals surface area contributed by atoms with Crippen molar-refractivity contribution in [1.29, 1.82) is 0 Å². The number of anilines is 2. The van der Waals surface area contributed by atoms with Crippen LogP contribution < -0.4 is 16.0 Å². The standard InChI is InChI=1S/C20H25FN6O2S/c1-13-11-27(20(28)29-2)8-7-16(13)25-19(30)26-17-10-22-12-24-18(17)23-9-14-3-5-15(21)6-4-14/h3-6,10,12-13,16H,7-9,11H2,1-2H3,(H,22,23,24)(H2,25,26,30). The van der Waals surface area contributed by atoms with Gasteiger partial charge in [-0.15, -0.1) is 0 Å². The van der Waals surface area contributed by atoms with E-state index in [1.54, 1.807) is 23.2 Å². The highest BCUT2D eigenvalue weighted by Crippen LogP contribution is 2.20. The quantitative estimate of drug-likeness (QED) is 0.621. The minimum atomic E-state index is -0.306. The first-order chi connectivity index (χ1) is 14.5. The van der Waals surface area contributed by atoms with E-state index >= 15 is 0 Å². The first-order valence-electron chi connectivity index (χ1n) is 9.65. The van der Waals surface area contributed by atoms with Gasteiger partial charge >= 0.3 is 6.09 Å². The van der Waals surface area contributed by atoms with Gasteiger partial charge in [0.25, 0.3) is 0 Å². The summed E-state index contributed by atoms with van der Waals surface area (Å²) in [6, 6.07) is 6.39. The molecule has 3 rings (SSSR count). The molecule has 1 aromatic heterocycles. The fourth-order valence-corrected chi connectivity index (χ4v) is 3.59. The van der Waals surface area contributed by atoms with E-state index in [0.717, 1.165) is 12.0 Å². The molecule has 2 heterocycles. The largest absolute Gasteiger partial charge is 0.453 e. The minimum Gasteiger partial charge on any atom is -0.453 e. The third-order valence-electron chi connectivity index (χ3n) is 4.99. The highest BCUT2D eigenvalue weighted by Gasteiger charge is 2.29. The van der Waals surface area contributed by atoms with Gasteiger partial charge in [0.05, 0.1) is 13.3 Å². The Hall–Kier alpha value is -3.01. The number of rotatable bonds is 5. The fourth-order valence-electron chi connectivity index (χ4n) is 3.33. The average Bonchev–Trinajstić information content (AvgIpc) is 2.75. The molecule has 30 heavy (non-hydrogen) atoms. The number of halogens is 1. The van der Waals surface area contributed by atoms with Gasteiger partial charge in [0, 0.05) is 25.7 Å². The van der Waals surface area contributed by atoms with Crippen LogP contribution in [0.5, 0.6) is 0 Å². The summed E-state index contributed by atoms with van der Waals surface area (Å²) in [6.07, 6.45) is 3.54. The van der Waals surface area contributed by atoms with Crippen molar-refractivity contribution in [3.63, 3.8) is 0 Å². The van der Waals surface area contributed by atoms with Gasteiger partial charge < -0.3 is 25.6 Å². The number of hydrogen-bond donors (Lipinski definition) is 3. The van der Waals surface area contributed by atoms with E-state index in [0.29, 0.717) is 36.3 Å². The number of carbonyl (C=O) groups excluding carboxylic acids is 1. The zero-order chi connectivity index (χ0) is 21.5. The number of thiocarbonyl (C=S) groups is 1. The Morgan fingerprint density at radius 2 is 2.13 bits per heavy atom. The molecule has 0 spiro atoms. The molecule has 3 N–H and O–H groups in total. The third-order valence-corrected chi connectivity index (χ3v) is 5.21. The van der Waals surface area contributed by atoms with Crippen LogP contribution in [0.4, 0.5) is 20.7 Å². The second-order valence-corrected chi connectivity index (χ2v) is 7.56. The lowest BCUT2D eigenvalue weighted by Gasteiger charge is -2.36. The maximum absolute atomic E-state index is 13.1. The maximum atomic E-state index is 13.1. The van der Waals surface area contributed by atoms with Crippen molar-refractivity contribution in [3.8, 4) is 0 Å². The predicted octanol–water partition coefficient (Wildman–Crippen LogP) is 2.99. The molecule has 160 valence electrons. The molecule has 1 aliphatic rings. The van der Waals surface area contributed by atoms with Crippen LogP contribution >= 0.6 is 12.2 Å². The summed E-state index contributed by atoms with van der Waals surface area (Å²) in [5.41, 5.74) is 1.56. The number of likely N-dealkylation sites (tertiary alicyclic amines) is 1. The minimum absolute atomic E-state index is 0.131. The number of carbonyl (C=O) groups is 1. The molecule has 8 nitrogen and oxygen atoms in total. The average molecular weight is 433 g/mol. The van der Waals surface area contributed by atoms with E-state index in [4.69, 9.17) is 17.0 Å². The molecule has 0 radical (unpaired) electrons. The van der Waals surface area contributed by atoms with Crippen molar-refractivity contribution < 1.29 is 13.9 Å². The number of aromatic nitrogens is 2. The number of benzene rings is 1. The molecule has 1 saturated heterocycles. The Labute approximate surface area is 180 Å².